The van der Waals surface area contributed by atoms with Crippen molar-refractivity contribution in [2.45, 2.75) is 38.0 Å². The first-order chi connectivity index (χ1) is 10.1. The minimum Gasteiger partial charge on any atom is -0.390 e. The van der Waals surface area contributed by atoms with Crippen molar-refractivity contribution in [1.29, 1.82) is 0 Å². The van der Waals surface area contributed by atoms with Crippen LogP contribution in [0.15, 0.2) is 30.3 Å². The van der Waals surface area contributed by atoms with Crippen LogP contribution in [-0.2, 0) is 0 Å². The molecule has 2 aromatic rings. The van der Waals surface area contributed by atoms with E-state index in [4.69, 9.17) is 17.3 Å². The molecule has 2 nitrogen and oxygen atoms in total. The van der Waals surface area contributed by atoms with Gasteiger partial charge in [-0.15, -0.1) is 11.3 Å². The Labute approximate surface area is 133 Å². The molecule has 0 spiro atoms. The van der Waals surface area contributed by atoms with Gasteiger partial charge in [0, 0.05) is 15.5 Å². The van der Waals surface area contributed by atoms with E-state index in [1.165, 1.54) is 37.0 Å². The summed E-state index contributed by atoms with van der Waals surface area (Å²) >= 11 is 7.53. The normalized spacial score (nSPS) is 16.0. The van der Waals surface area contributed by atoms with E-state index in [1.54, 1.807) is 35.6 Å². The number of ketones is 1. The van der Waals surface area contributed by atoms with Crippen LogP contribution < -0.4 is 5.73 Å². The van der Waals surface area contributed by atoms with E-state index >= 15 is 0 Å². The quantitative estimate of drug-likeness (QED) is 0.784. The number of benzene rings is 1. The fraction of sp³-hybridized carbons (Fsp3) is 0.353. The first kappa shape index (κ1) is 14.6. The SMILES string of the molecule is Nc1sc(C2CCCCC2)cc1C(=O)c1cccc(Cl)c1. The molecule has 3 rings (SSSR count). The Bertz CT molecular complexity index is 659. The molecule has 2 N–H and O–H groups in total. The summed E-state index contributed by atoms with van der Waals surface area (Å²) in [4.78, 5) is 13.8. The summed E-state index contributed by atoms with van der Waals surface area (Å²) in [6, 6.07) is 9.04. The van der Waals surface area contributed by atoms with Gasteiger partial charge >= 0.3 is 0 Å². The largest absolute Gasteiger partial charge is 0.390 e. The maximum Gasteiger partial charge on any atom is 0.196 e. The highest BCUT2D eigenvalue weighted by Crippen LogP contribution is 2.39. The molecule has 0 unspecified atom stereocenters. The Morgan fingerprint density at radius 3 is 2.67 bits per heavy atom. The van der Waals surface area contributed by atoms with Gasteiger partial charge in [-0.05, 0) is 37.0 Å². The molecule has 0 amide bonds. The number of carbonyl (C=O) groups excluding carboxylic acids is 1. The van der Waals surface area contributed by atoms with Crippen molar-refractivity contribution < 1.29 is 4.79 Å². The second-order valence-electron chi connectivity index (χ2n) is 5.60. The molecular formula is C17H18ClNOS. The molecule has 1 aromatic carbocycles. The van der Waals surface area contributed by atoms with E-state index in [9.17, 15) is 4.79 Å². The van der Waals surface area contributed by atoms with Crippen LogP contribution in [0.3, 0.4) is 0 Å². The van der Waals surface area contributed by atoms with Crippen molar-refractivity contribution >= 4 is 33.7 Å². The maximum atomic E-state index is 12.6. The average Bonchev–Trinajstić information content (AvgIpc) is 2.89. The zero-order chi connectivity index (χ0) is 14.8. The first-order valence-electron chi connectivity index (χ1n) is 7.34. The monoisotopic (exact) mass is 319 g/mol. The number of anilines is 1. The summed E-state index contributed by atoms with van der Waals surface area (Å²) in [5.41, 5.74) is 7.32. The van der Waals surface area contributed by atoms with Crippen molar-refractivity contribution in [3.05, 3.63) is 51.4 Å². The molecule has 1 aliphatic carbocycles. The molecule has 1 fully saturated rings. The van der Waals surface area contributed by atoms with Crippen molar-refractivity contribution in [1.82, 2.24) is 0 Å². The van der Waals surface area contributed by atoms with Gasteiger partial charge in [-0.2, -0.15) is 0 Å². The molecule has 0 atom stereocenters. The number of carbonyl (C=O) groups is 1. The second kappa shape index (κ2) is 6.20. The highest BCUT2D eigenvalue weighted by atomic mass is 35.5. The fourth-order valence-corrected chi connectivity index (χ4v) is 4.26. The summed E-state index contributed by atoms with van der Waals surface area (Å²) in [6.45, 7) is 0. The second-order valence-corrected chi connectivity index (χ2v) is 7.15. The number of hydrogen-bond donors (Lipinski definition) is 1. The molecule has 1 saturated carbocycles. The minimum absolute atomic E-state index is 0.0340. The van der Waals surface area contributed by atoms with Gasteiger partial charge in [0.25, 0.3) is 0 Å². The van der Waals surface area contributed by atoms with Crippen molar-refractivity contribution in [3.8, 4) is 0 Å². The lowest BCUT2D eigenvalue weighted by Crippen LogP contribution is -2.04. The molecule has 110 valence electrons. The van der Waals surface area contributed by atoms with Crippen LogP contribution >= 0.6 is 22.9 Å². The number of thiophene rings is 1. The minimum atomic E-state index is -0.0340. The van der Waals surface area contributed by atoms with Gasteiger partial charge in [0.1, 0.15) is 0 Å². The lowest BCUT2D eigenvalue weighted by Gasteiger charge is -2.19. The van der Waals surface area contributed by atoms with Crippen LogP contribution in [0.1, 0.15) is 58.8 Å². The predicted molar refractivity (Wildman–Crippen MR) is 89.4 cm³/mol. The third kappa shape index (κ3) is 3.14. The van der Waals surface area contributed by atoms with E-state index < -0.39 is 0 Å². The number of hydrogen-bond acceptors (Lipinski definition) is 3. The standard InChI is InChI=1S/C17H18ClNOS/c18-13-8-4-7-12(9-13)16(20)14-10-15(21-17(14)19)11-5-2-1-3-6-11/h4,7-11H,1-3,5-6,19H2. The number of rotatable bonds is 3. The number of nitrogens with two attached hydrogens (primary N) is 1. The van der Waals surface area contributed by atoms with E-state index in [-0.39, 0.29) is 5.78 Å². The molecule has 0 saturated heterocycles. The summed E-state index contributed by atoms with van der Waals surface area (Å²) in [5, 5.41) is 1.20. The summed E-state index contributed by atoms with van der Waals surface area (Å²) < 4.78 is 0. The van der Waals surface area contributed by atoms with Crippen molar-refractivity contribution in [2.75, 3.05) is 5.73 Å². The molecule has 0 aliphatic heterocycles. The molecule has 1 aliphatic rings. The van der Waals surface area contributed by atoms with Crippen LogP contribution in [0.4, 0.5) is 5.00 Å². The van der Waals surface area contributed by atoms with Crippen LogP contribution in [0.2, 0.25) is 5.02 Å². The zero-order valence-corrected chi connectivity index (χ0v) is 13.3. The predicted octanol–water partition coefficient (Wildman–Crippen LogP) is 5.26. The molecular weight excluding hydrogens is 302 g/mol. The van der Waals surface area contributed by atoms with E-state index in [2.05, 4.69) is 0 Å². The zero-order valence-electron chi connectivity index (χ0n) is 11.8. The van der Waals surface area contributed by atoms with E-state index in [1.807, 2.05) is 6.07 Å². The third-order valence-electron chi connectivity index (χ3n) is 4.12. The summed E-state index contributed by atoms with van der Waals surface area (Å²) in [7, 11) is 0. The summed E-state index contributed by atoms with van der Waals surface area (Å²) in [5.74, 6) is 0.542. The van der Waals surface area contributed by atoms with Gasteiger partial charge in [0.05, 0.1) is 10.6 Å². The van der Waals surface area contributed by atoms with Gasteiger partial charge < -0.3 is 5.73 Å². The van der Waals surface area contributed by atoms with Gasteiger partial charge in [-0.25, -0.2) is 0 Å². The fourth-order valence-electron chi connectivity index (χ4n) is 2.98. The van der Waals surface area contributed by atoms with Crippen molar-refractivity contribution in [2.24, 2.45) is 0 Å². The molecule has 1 heterocycles. The van der Waals surface area contributed by atoms with E-state index in [0.29, 0.717) is 27.1 Å². The van der Waals surface area contributed by atoms with E-state index in [0.717, 1.165) is 0 Å². The Morgan fingerprint density at radius 1 is 1.19 bits per heavy atom. The van der Waals surface area contributed by atoms with Crippen LogP contribution in [0.25, 0.3) is 0 Å². The van der Waals surface area contributed by atoms with Crippen LogP contribution in [0, 0.1) is 0 Å². The van der Waals surface area contributed by atoms with Crippen LogP contribution in [0.5, 0.6) is 0 Å². The average molecular weight is 320 g/mol. The van der Waals surface area contributed by atoms with Gasteiger partial charge in [-0.3, -0.25) is 4.79 Å². The van der Waals surface area contributed by atoms with Gasteiger partial charge in [0.15, 0.2) is 5.78 Å². The van der Waals surface area contributed by atoms with Crippen LogP contribution in [-0.4, -0.2) is 5.78 Å². The lowest BCUT2D eigenvalue weighted by atomic mass is 9.88. The third-order valence-corrected chi connectivity index (χ3v) is 5.48. The Morgan fingerprint density at radius 2 is 1.95 bits per heavy atom. The number of halogens is 1. The molecule has 0 bridgehead atoms. The highest BCUT2D eigenvalue weighted by molar-refractivity contribution is 7.16. The van der Waals surface area contributed by atoms with Gasteiger partial charge in [-0.1, -0.05) is 43.0 Å². The smallest absolute Gasteiger partial charge is 0.196 e. The molecule has 4 heteroatoms. The highest BCUT2D eigenvalue weighted by Gasteiger charge is 2.22. The topological polar surface area (TPSA) is 43.1 Å². The van der Waals surface area contributed by atoms with Gasteiger partial charge in [0.2, 0.25) is 0 Å². The van der Waals surface area contributed by atoms with Crippen molar-refractivity contribution in [3.63, 3.8) is 0 Å². The Balaban J connectivity index is 1.88. The maximum absolute atomic E-state index is 12.6. The molecule has 21 heavy (non-hydrogen) atoms. The summed E-state index contributed by atoms with van der Waals surface area (Å²) in [6.07, 6.45) is 6.31. The lowest BCUT2D eigenvalue weighted by molar-refractivity contribution is 0.104. The number of nitrogen functional groups attached to an aromatic ring is 1. The molecule has 0 radical (unpaired) electrons. The Kier molecular flexibility index (Phi) is 4.32. The first-order valence-corrected chi connectivity index (χ1v) is 8.54. The Hall–Kier alpha value is -1.32. The molecule has 1 aromatic heterocycles.